The van der Waals surface area contributed by atoms with Gasteiger partial charge in [0.25, 0.3) is 0 Å². The summed E-state index contributed by atoms with van der Waals surface area (Å²) in [5.41, 5.74) is 4.81. The lowest BCUT2D eigenvalue weighted by atomic mass is 10.0. The first-order valence-corrected chi connectivity index (χ1v) is 9.92. The van der Waals surface area contributed by atoms with Crippen molar-refractivity contribution in [1.29, 1.82) is 0 Å². The molecule has 1 heteroatoms. The van der Waals surface area contributed by atoms with E-state index in [9.17, 15) is 0 Å². The second-order valence-corrected chi connectivity index (χ2v) is 7.30. The summed E-state index contributed by atoms with van der Waals surface area (Å²) in [7, 11) is 0. The molecule has 0 unspecified atom stereocenters. The highest BCUT2D eigenvalue weighted by Gasteiger charge is 2.01. The van der Waals surface area contributed by atoms with Crippen molar-refractivity contribution in [2.45, 2.75) is 6.54 Å². The maximum Gasteiger partial charge on any atom is 0.0640 e. The molecule has 0 saturated carbocycles. The molecule has 0 heterocycles. The largest absolute Gasteiger partial charge is 0.288 e. The molecule has 0 aromatic heterocycles. The van der Waals surface area contributed by atoms with E-state index in [-0.39, 0.29) is 0 Å². The minimum atomic E-state index is 0.684. The third kappa shape index (κ3) is 3.68. The van der Waals surface area contributed by atoms with Crippen LogP contribution in [0.4, 0.5) is 0 Å². The van der Waals surface area contributed by atoms with Crippen molar-refractivity contribution < 1.29 is 0 Å². The number of benzene rings is 5. The van der Waals surface area contributed by atoms with Crippen molar-refractivity contribution in [3.05, 3.63) is 120 Å². The Bertz CT molecular complexity index is 1300. The summed E-state index contributed by atoms with van der Waals surface area (Å²) in [6.45, 7) is 0.684. The zero-order valence-electron chi connectivity index (χ0n) is 16.1. The van der Waals surface area contributed by atoms with Gasteiger partial charge < -0.3 is 0 Å². The molecular weight excluding hydrogens is 350 g/mol. The van der Waals surface area contributed by atoms with Gasteiger partial charge in [0.1, 0.15) is 0 Å². The topological polar surface area (TPSA) is 12.4 Å². The van der Waals surface area contributed by atoms with Crippen molar-refractivity contribution in [1.82, 2.24) is 0 Å². The Morgan fingerprint density at radius 2 is 1.24 bits per heavy atom. The van der Waals surface area contributed by atoms with E-state index >= 15 is 0 Å². The molecule has 0 atom stereocenters. The molecule has 0 N–H and O–H groups in total. The van der Waals surface area contributed by atoms with Crippen LogP contribution in [0.1, 0.15) is 11.1 Å². The van der Waals surface area contributed by atoms with Gasteiger partial charge in [-0.25, -0.2) is 0 Å². The van der Waals surface area contributed by atoms with Crippen LogP contribution >= 0.6 is 0 Å². The summed E-state index contributed by atoms with van der Waals surface area (Å²) in [6, 6.07) is 38.6. The fourth-order valence-electron chi connectivity index (χ4n) is 3.81. The fourth-order valence-corrected chi connectivity index (χ4v) is 3.81. The second-order valence-electron chi connectivity index (χ2n) is 7.30. The maximum atomic E-state index is 4.66. The van der Waals surface area contributed by atoms with Crippen LogP contribution in [-0.2, 0) is 6.54 Å². The highest BCUT2D eigenvalue weighted by atomic mass is 14.7. The average Bonchev–Trinajstić information content (AvgIpc) is 2.80. The molecule has 0 amide bonds. The number of nitrogens with zero attached hydrogens (tertiary/aromatic N) is 1. The van der Waals surface area contributed by atoms with Crippen LogP contribution in [0.25, 0.3) is 32.7 Å². The molecule has 0 aliphatic carbocycles. The minimum Gasteiger partial charge on any atom is -0.288 e. The first-order chi connectivity index (χ1) is 14.4. The highest BCUT2D eigenvalue weighted by molar-refractivity contribution is 6.07. The third-order valence-corrected chi connectivity index (χ3v) is 5.34. The van der Waals surface area contributed by atoms with Gasteiger partial charge in [-0.1, -0.05) is 103 Å². The third-order valence-electron chi connectivity index (χ3n) is 5.34. The lowest BCUT2D eigenvalue weighted by Gasteiger charge is -2.05. The minimum absolute atomic E-state index is 0.684. The highest BCUT2D eigenvalue weighted by Crippen LogP contribution is 2.26. The van der Waals surface area contributed by atoms with Crippen molar-refractivity contribution in [3.8, 4) is 11.1 Å². The number of fused-ring (bicyclic) bond motifs is 3. The Morgan fingerprint density at radius 1 is 0.552 bits per heavy atom. The molecule has 0 saturated heterocycles. The molecule has 1 nitrogen and oxygen atoms in total. The molecule has 138 valence electrons. The van der Waals surface area contributed by atoms with Crippen LogP contribution in [0, 0.1) is 0 Å². The van der Waals surface area contributed by atoms with E-state index in [0.29, 0.717) is 6.54 Å². The van der Waals surface area contributed by atoms with Crippen LogP contribution in [0.3, 0.4) is 0 Å². The number of aliphatic imine (C=N–C) groups is 1. The number of hydrogen-bond donors (Lipinski definition) is 0. The van der Waals surface area contributed by atoms with Crippen molar-refractivity contribution in [2.75, 3.05) is 0 Å². The van der Waals surface area contributed by atoms with E-state index in [1.165, 1.54) is 38.2 Å². The molecule has 5 aromatic rings. The monoisotopic (exact) mass is 371 g/mol. The molecule has 5 aromatic carbocycles. The summed E-state index contributed by atoms with van der Waals surface area (Å²) in [4.78, 5) is 4.66. The quantitative estimate of drug-likeness (QED) is 0.232. The van der Waals surface area contributed by atoms with E-state index in [2.05, 4.69) is 108 Å². The Kier molecular flexibility index (Phi) is 4.63. The zero-order valence-corrected chi connectivity index (χ0v) is 16.1. The summed E-state index contributed by atoms with van der Waals surface area (Å²) in [5.74, 6) is 0. The lowest BCUT2D eigenvalue weighted by Crippen LogP contribution is -1.86. The van der Waals surface area contributed by atoms with Crippen molar-refractivity contribution >= 4 is 27.8 Å². The zero-order chi connectivity index (χ0) is 19.5. The van der Waals surface area contributed by atoms with Gasteiger partial charge in [0, 0.05) is 6.21 Å². The van der Waals surface area contributed by atoms with E-state index in [1.54, 1.807) is 0 Å². The van der Waals surface area contributed by atoms with Crippen LogP contribution in [0.15, 0.2) is 114 Å². The Labute approximate surface area is 171 Å². The van der Waals surface area contributed by atoms with Gasteiger partial charge in [-0.3, -0.25) is 4.99 Å². The van der Waals surface area contributed by atoms with Gasteiger partial charge in [0.15, 0.2) is 0 Å². The predicted octanol–water partition coefficient (Wildman–Crippen LogP) is 7.28. The first kappa shape index (κ1) is 17.4. The SMILES string of the molecule is C(=N\Cc1ccc2c(ccc3ccccc32)c1)/c1ccc(-c2ccccc2)cc1. The van der Waals surface area contributed by atoms with E-state index in [1.807, 2.05) is 12.3 Å². The lowest BCUT2D eigenvalue weighted by molar-refractivity contribution is 1.08. The van der Waals surface area contributed by atoms with Crippen molar-refractivity contribution in [3.63, 3.8) is 0 Å². The summed E-state index contributed by atoms with van der Waals surface area (Å²) in [5, 5.41) is 5.15. The van der Waals surface area contributed by atoms with Gasteiger partial charge in [0.05, 0.1) is 6.54 Å². The second kappa shape index (κ2) is 7.73. The normalized spacial score (nSPS) is 11.4. The molecule has 0 spiro atoms. The standard InChI is InChI=1S/C28H21N/c1-2-6-23(7-3-1)24-13-10-21(11-14-24)19-29-20-22-12-17-28-26(18-22)16-15-25-8-4-5-9-27(25)28/h1-19H,20H2/b29-19+. The van der Waals surface area contributed by atoms with Gasteiger partial charge in [0.2, 0.25) is 0 Å². The molecular formula is C28H21N. The first-order valence-electron chi connectivity index (χ1n) is 9.92. The summed E-state index contributed by atoms with van der Waals surface area (Å²) in [6.07, 6.45) is 1.96. The summed E-state index contributed by atoms with van der Waals surface area (Å²) >= 11 is 0. The number of hydrogen-bond acceptors (Lipinski definition) is 1. The molecule has 0 radical (unpaired) electrons. The van der Waals surface area contributed by atoms with Gasteiger partial charge in [-0.15, -0.1) is 0 Å². The van der Waals surface area contributed by atoms with Crippen LogP contribution < -0.4 is 0 Å². The predicted molar refractivity (Wildman–Crippen MR) is 125 cm³/mol. The van der Waals surface area contributed by atoms with Crippen LogP contribution in [0.2, 0.25) is 0 Å². The van der Waals surface area contributed by atoms with E-state index in [0.717, 1.165) is 5.56 Å². The molecule has 0 fully saturated rings. The molecule has 0 aliphatic heterocycles. The molecule has 0 bridgehead atoms. The Balaban J connectivity index is 1.33. The van der Waals surface area contributed by atoms with Gasteiger partial charge >= 0.3 is 0 Å². The molecule has 5 rings (SSSR count). The van der Waals surface area contributed by atoms with Gasteiger partial charge in [-0.05, 0) is 49.9 Å². The smallest absolute Gasteiger partial charge is 0.0640 e. The van der Waals surface area contributed by atoms with E-state index in [4.69, 9.17) is 0 Å². The Morgan fingerprint density at radius 3 is 2.10 bits per heavy atom. The van der Waals surface area contributed by atoms with Crippen molar-refractivity contribution in [2.24, 2.45) is 4.99 Å². The van der Waals surface area contributed by atoms with Gasteiger partial charge in [-0.2, -0.15) is 0 Å². The Hall–Kier alpha value is -3.71. The average molecular weight is 371 g/mol. The summed E-state index contributed by atoms with van der Waals surface area (Å²) < 4.78 is 0. The van der Waals surface area contributed by atoms with Crippen LogP contribution in [0.5, 0.6) is 0 Å². The number of rotatable bonds is 4. The fraction of sp³-hybridized carbons (Fsp3) is 0.0357. The van der Waals surface area contributed by atoms with Crippen LogP contribution in [-0.4, -0.2) is 6.21 Å². The van der Waals surface area contributed by atoms with E-state index < -0.39 is 0 Å². The molecule has 29 heavy (non-hydrogen) atoms. The maximum absolute atomic E-state index is 4.66. The molecule has 0 aliphatic rings.